The summed E-state index contributed by atoms with van der Waals surface area (Å²) >= 11 is 1.39. The zero-order valence-electron chi connectivity index (χ0n) is 18.4. The number of thioether (sulfide) groups is 1. The van der Waals surface area contributed by atoms with E-state index in [0.29, 0.717) is 5.75 Å². The lowest BCUT2D eigenvalue weighted by molar-refractivity contribution is -0.134. The van der Waals surface area contributed by atoms with Crippen LogP contribution in [0.3, 0.4) is 0 Å². The van der Waals surface area contributed by atoms with Crippen LogP contribution in [0.5, 0.6) is 0 Å². The Bertz CT molecular complexity index is 834. The van der Waals surface area contributed by atoms with E-state index in [2.05, 4.69) is 5.32 Å². The van der Waals surface area contributed by atoms with Crippen molar-refractivity contribution in [3.63, 3.8) is 0 Å². The Hall–Kier alpha value is -2.34. The van der Waals surface area contributed by atoms with E-state index in [-0.39, 0.29) is 18.8 Å². The van der Waals surface area contributed by atoms with Crippen LogP contribution in [0.4, 0.5) is 13.6 Å². The summed E-state index contributed by atoms with van der Waals surface area (Å²) in [5, 5.41) is 12.0. The highest BCUT2D eigenvalue weighted by atomic mass is 32.2. The molecule has 0 aromatic heterocycles. The Balaban J connectivity index is 2.24. The number of hydrogen-bond acceptors (Lipinski definition) is 5. The monoisotopic (exact) mass is 453 g/mol. The first-order valence-electron chi connectivity index (χ1n) is 10.0. The minimum atomic E-state index is -1.29. The molecule has 0 radical (unpaired) electrons. The van der Waals surface area contributed by atoms with E-state index in [4.69, 9.17) is 4.74 Å². The molecule has 9 heteroatoms. The number of nitrogens with one attached hydrogen (secondary N) is 1. The molecular formula is C22H29F2N3O3S. The van der Waals surface area contributed by atoms with Crippen LogP contribution in [0.1, 0.15) is 46.6 Å². The molecule has 1 aliphatic rings. The summed E-state index contributed by atoms with van der Waals surface area (Å²) in [5.41, 5.74) is 0.0819. The lowest BCUT2D eigenvalue weighted by Gasteiger charge is -2.36. The minimum absolute atomic E-state index is 0.0510. The van der Waals surface area contributed by atoms with Crippen LogP contribution in [0.25, 0.3) is 0 Å². The third-order valence-electron chi connectivity index (χ3n) is 4.81. The number of amides is 2. The maximum Gasteiger partial charge on any atom is 0.408 e. The zero-order valence-corrected chi connectivity index (χ0v) is 19.3. The predicted octanol–water partition coefficient (Wildman–Crippen LogP) is 4.19. The Kier molecular flexibility index (Phi) is 7.93. The van der Waals surface area contributed by atoms with Gasteiger partial charge in [0.15, 0.2) is 0 Å². The van der Waals surface area contributed by atoms with Gasteiger partial charge in [0.05, 0.1) is 12.6 Å². The molecule has 0 aliphatic carbocycles. The van der Waals surface area contributed by atoms with Crippen LogP contribution in [0.2, 0.25) is 0 Å². The molecule has 1 saturated heterocycles. The molecule has 0 unspecified atom stereocenters. The fourth-order valence-electron chi connectivity index (χ4n) is 3.21. The Morgan fingerprint density at radius 1 is 1.29 bits per heavy atom. The highest BCUT2D eigenvalue weighted by Crippen LogP contribution is 2.34. The largest absolute Gasteiger partial charge is 0.444 e. The number of nitrogens with zero attached hydrogens (tertiary/aromatic N) is 2. The van der Waals surface area contributed by atoms with E-state index < -0.39 is 40.6 Å². The van der Waals surface area contributed by atoms with Gasteiger partial charge >= 0.3 is 6.09 Å². The van der Waals surface area contributed by atoms with E-state index in [1.165, 1.54) is 28.8 Å². The molecule has 2 amide bonds. The van der Waals surface area contributed by atoms with E-state index in [1.807, 2.05) is 6.07 Å². The first-order valence-corrected chi connectivity index (χ1v) is 11.0. The quantitative estimate of drug-likeness (QED) is 0.698. The number of nitriles is 1. The van der Waals surface area contributed by atoms with Gasteiger partial charge in [-0.1, -0.05) is 12.1 Å². The van der Waals surface area contributed by atoms with Gasteiger partial charge < -0.3 is 15.0 Å². The third kappa shape index (κ3) is 7.10. The Morgan fingerprint density at radius 2 is 1.90 bits per heavy atom. The summed E-state index contributed by atoms with van der Waals surface area (Å²) < 4.78 is 31.6. The maximum atomic E-state index is 13.9. The molecule has 0 saturated carbocycles. The molecule has 31 heavy (non-hydrogen) atoms. The highest BCUT2D eigenvalue weighted by molar-refractivity contribution is 7.99. The topological polar surface area (TPSA) is 82.4 Å². The van der Waals surface area contributed by atoms with Crippen molar-refractivity contribution in [2.75, 3.05) is 6.54 Å². The summed E-state index contributed by atoms with van der Waals surface area (Å²) in [4.78, 5) is 27.0. The number of benzene rings is 1. The molecule has 6 nitrogen and oxygen atoms in total. The summed E-state index contributed by atoms with van der Waals surface area (Å²) in [7, 11) is 0. The van der Waals surface area contributed by atoms with Gasteiger partial charge in [0, 0.05) is 16.9 Å². The van der Waals surface area contributed by atoms with Gasteiger partial charge in [-0.3, -0.25) is 4.79 Å². The summed E-state index contributed by atoms with van der Waals surface area (Å²) in [6.07, 6.45) is -2.11. The van der Waals surface area contributed by atoms with Crippen molar-refractivity contribution >= 4 is 23.8 Å². The summed E-state index contributed by atoms with van der Waals surface area (Å²) in [5.74, 6) is -0.417. The standard InChI is InChI=1S/C22H29F2N3O3S/c1-21(2,3)30-20(29)26-18(19(28)27-12-16(24)10-17(27)11-25)22(4,5)31-13-14-6-8-15(23)9-7-14/h6-9,16-18H,10,12-13H2,1-5H3,(H,26,29)/t16-,17-,18+/m0/s1. The van der Waals surface area contributed by atoms with Crippen molar-refractivity contribution in [1.82, 2.24) is 10.2 Å². The molecular weight excluding hydrogens is 424 g/mol. The molecule has 1 aromatic rings. The van der Waals surface area contributed by atoms with E-state index in [0.717, 1.165) is 5.56 Å². The number of likely N-dealkylation sites (tertiary alicyclic amines) is 1. The molecule has 1 aromatic carbocycles. The van der Waals surface area contributed by atoms with Gasteiger partial charge in [-0.2, -0.15) is 5.26 Å². The average molecular weight is 454 g/mol. The van der Waals surface area contributed by atoms with Crippen molar-refractivity contribution in [1.29, 1.82) is 5.26 Å². The van der Waals surface area contributed by atoms with Crippen molar-refractivity contribution in [2.45, 2.75) is 75.4 Å². The smallest absolute Gasteiger partial charge is 0.408 e. The second-order valence-electron chi connectivity index (χ2n) is 9.07. The van der Waals surface area contributed by atoms with Crippen LogP contribution in [-0.4, -0.2) is 52.0 Å². The molecule has 170 valence electrons. The molecule has 1 N–H and O–H groups in total. The van der Waals surface area contributed by atoms with Gasteiger partial charge in [0.2, 0.25) is 5.91 Å². The fourth-order valence-corrected chi connectivity index (χ4v) is 4.27. The fraction of sp³-hybridized carbons (Fsp3) is 0.591. The van der Waals surface area contributed by atoms with Gasteiger partial charge in [0.25, 0.3) is 0 Å². The van der Waals surface area contributed by atoms with Crippen LogP contribution in [-0.2, 0) is 15.3 Å². The third-order valence-corrected chi connectivity index (χ3v) is 6.27. The molecule has 1 heterocycles. The van der Waals surface area contributed by atoms with Gasteiger partial charge in [-0.25, -0.2) is 13.6 Å². The average Bonchev–Trinajstić information content (AvgIpc) is 3.04. The molecule has 1 fully saturated rings. The van der Waals surface area contributed by atoms with Gasteiger partial charge in [-0.15, -0.1) is 11.8 Å². The number of hydrogen-bond donors (Lipinski definition) is 1. The lowest BCUT2D eigenvalue weighted by Crippen LogP contribution is -2.58. The van der Waals surface area contributed by atoms with E-state index in [9.17, 15) is 23.6 Å². The van der Waals surface area contributed by atoms with Crippen molar-refractivity contribution in [3.8, 4) is 6.07 Å². The highest BCUT2D eigenvalue weighted by Gasteiger charge is 2.45. The summed E-state index contributed by atoms with van der Waals surface area (Å²) in [6, 6.07) is 6.03. The minimum Gasteiger partial charge on any atom is -0.444 e. The number of alkyl halides is 1. The first-order chi connectivity index (χ1) is 14.3. The normalized spacial score (nSPS) is 20.1. The number of rotatable bonds is 6. The first kappa shape index (κ1) is 24.9. The molecule has 1 aliphatic heterocycles. The van der Waals surface area contributed by atoms with Crippen LogP contribution in [0.15, 0.2) is 24.3 Å². The maximum absolute atomic E-state index is 13.9. The zero-order chi connectivity index (χ0) is 23.4. The predicted molar refractivity (Wildman–Crippen MR) is 116 cm³/mol. The number of alkyl carbamates (subject to hydrolysis) is 1. The number of ether oxygens (including phenoxy) is 1. The van der Waals surface area contributed by atoms with E-state index in [1.54, 1.807) is 46.8 Å². The number of carbonyl (C=O) groups excluding carboxylic acids is 2. The van der Waals surface area contributed by atoms with Crippen LogP contribution in [0, 0.1) is 17.1 Å². The van der Waals surface area contributed by atoms with Crippen LogP contribution >= 0.6 is 11.8 Å². The number of halogens is 2. The van der Waals surface area contributed by atoms with Crippen molar-refractivity contribution in [3.05, 3.63) is 35.6 Å². The number of carbonyl (C=O) groups is 2. The van der Waals surface area contributed by atoms with Crippen molar-refractivity contribution < 1.29 is 23.1 Å². The van der Waals surface area contributed by atoms with E-state index >= 15 is 0 Å². The molecule has 0 bridgehead atoms. The van der Waals surface area contributed by atoms with Gasteiger partial charge in [0.1, 0.15) is 29.7 Å². The Morgan fingerprint density at radius 3 is 2.45 bits per heavy atom. The Labute approximate surface area is 186 Å². The lowest BCUT2D eigenvalue weighted by atomic mass is 10.0. The van der Waals surface area contributed by atoms with Gasteiger partial charge in [-0.05, 0) is 52.3 Å². The molecule has 2 rings (SSSR count). The summed E-state index contributed by atoms with van der Waals surface area (Å²) in [6.45, 7) is 8.49. The SMILES string of the molecule is CC(C)(C)OC(=O)N[C@H](C(=O)N1C[C@@H](F)C[C@H]1C#N)C(C)(C)SCc1ccc(F)cc1. The molecule has 0 spiro atoms. The van der Waals surface area contributed by atoms with Crippen molar-refractivity contribution in [2.24, 2.45) is 0 Å². The van der Waals surface area contributed by atoms with Crippen LogP contribution < -0.4 is 5.32 Å². The second-order valence-corrected chi connectivity index (χ2v) is 10.7. The second kappa shape index (κ2) is 9.86. The molecule has 3 atom stereocenters.